The maximum atomic E-state index is 13.2. The van der Waals surface area contributed by atoms with Crippen LogP contribution in [0.2, 0.25) is 0 Å². The molecule has 2 N–H and O–H groups in total. The number of ether oxygens (including phenoxy) is 1. The lowest BCUT2D eigenvalue weighted by molar-refractivity contribution is -0.122. The van der Waals surface area contributed by atoms with Gasteiger partial charge >= 0.3 is 0 Å². The Morgan fingerprint density at radius 3 is 2.48 bits per heavy atom. The standard InChI is InChI=1S/C21H20N2O3S/c1-26-17-10-5-7-15(13-17)14-23(21(25)18-11-6-12-27-18)19(20(22)24)16-8-3-2-4-9-16/h2-13,19H,14H2,1H3,(H2,22,24)/t19-/m0/s1. The molecule has 0 bridgehead atoms. The Hall–Kier alpha value is -3.12. The summed E-state index contributed by atoms with van der Waals surface area (Å²) in [4.78, 5) is 27.6. The van der Waals surface area contributed by atoms with Crippen molar-refractivity contribution in [2.24, 2.45) is 5.73 Å². The lowest BCUT2D eigenvalue weighted by Crippen LogP contribution is -2.41. The number of benzene rings is 2. The van der Waals surface area contributed by atoms with Crippen LogP contribution in [0.3, 0.4) is 0 Å². The molecule has 27 heavy (non-hydrogen) atoms. The van der Waals surface area contributed by atoms with Crippen molar-refractivity contribution in [3.05, 3.63) is 88.1 Å². The minimum absolute atomic E-state index is 0.233. The highest BCUT2D eigenvalue weighted by atomic mass is 32.1. The Balaban J connectivity index is 2.02. The van der Waals surface area contributed by atoms with E-state index in [0.717, 1.165) is 5.56 Å². The van der Waals surface area contributed by atoms with Crippen LogP contribution in [0.4, 0.5) is 0 Å². The average molecular weight is 380 g/mol. The van der Waals surface area contributed by atoms with Crippen LogP contribution in [0, 0.1) is 0 Å². The van der Waals surface area contributed by atoms with E-state index in [2.05, 4.69) is 0 Å². The number of hydrogen-bond acceptors (Lipinski definition) is 4. The van der Waals surface area contributed by atoms with E-state index in [4.69, 9.17) is 10.5 Å². The van der Waals surface area contributed by atoms with Crippen molar-refractivity contribution in [3.63, 3.8) is 0 Å². The molecule has 0 radical (unpaired) electrons. The molecule has 0 saturated heterocycles. The molecular formula is C21H20N2O3S. The molecule has 0 aliphatic carbocycles. The monoisotopic (exact) mass is 380 g/mol. The number of thiophene rings is 1. The van der Waals surface area contributed by atoms with Gasteiger partial charge in [0, 0.05) is 6.54 Å². The van der Waals surface area contributed by atoms with Crippen LogP contribution in [0.25, 0.3) is 0 Å². The zero-order chi connectivity index (χ0) is 19.2. The summed E-state index contributed by atoms with van der Waals surface area (Å²) in [6.45, 7) is 0.233. The Labute approximate surface area is 162 Å². The van der Waals surface area contributed by atoms with Gasteiger partial charge in [0.1, 0.15) is 11.8 Å². The van der Waals surface area contributed by atoms with Gasteiger partial charge in [0.15, 0.2) is 0 Å². The molecule has 6 heteroatoms. The molecule has 0 fully saturated rings. The summed E-state index contributed by atoms with van der Waals surface area (Å²) < 4.78 is 5.27. The van der Waals surface area contributed by atoms with Crippen molar-refractivity contribution < 1.29 is 14.3 Å². The first-order valence-corrected chi connectivity index (χ1v) is 9.30. The average Bonchev–Trinajstić information content (AvgIpc) is 3.22. The molecule has 0 aliphatic heterocycles. The summed E-state index contributed by atoms with van der Waals surface area (Å²) in [7, 11) is 1.59. The predicted molar refractivity (Wildman–Crippen MR) is 106 cm³/mol. The summed E-state index contributed by atoms with van der Waals surface area (Å²) in [5.41, 5.74) is 7.24. The second kappa shape index (κ2) is 8.51. The minimum Gasteiger partial charge on any atom is -0.497 e. The number of carbonyl (C=O) groups is 2. The van der Waals surface area contributed by atoms with E-state index in [-0.39, 0.29) is 12.5 Å². The van der Waals surface area contributed by atoms with E-state index < -0.39 is 11.9 Å². The number of carbonyl (C=O) groups excluding carboxylic acids is 2. The van der Waals surface area contributed by atoms with E-state index in [1.54, 1.807) is 25.3 Å². The minimum atomic E-state index is -0.869. The van der Waals surface area contributed by atoms with Gasteiger partial charge in [-0.05, 0) is 34.7 Å². The van der Waals surface area contributed by atoms with Crippen LogP contribution in [0.15, 0.2) is 72.1 Å². The highest BCUT2D eigenvalue weighted by molar-refractivity contribution is 7.12. The molecule has 0 spiro atoms. The molecule has 138 valence electrons. The molecule has 0 unspecified atom stereocenters. The SMILES string of the molecule is COc1cccc(CN(C(=O)c2cccs2)[C@H](C(N)=O)c2ccccc2)c1. The van der Waals surface area contributed by atoms with Crippen LogP contribution in [-0.4, -0.2) is 23.8 Å². The quantitative estimate of drug-likeness (QED) is 0.680. The maximum Gasteiger partial charge on any atom is 0.265 e. The number of rotatable bonds is 7. The van der Waals surface area contributed by atoms with Crippen molar-refractivity contribution >= 4 is 23.2 Å². The second-order valence-corrected chi connectivity index (χ2v) is 6.93. The fourth-order valence-electron chi connectivity index (χ4n) is 2.92. The van der Waals surface area contributed by atoms with Gasteiger partial charge < -0.3 is 15.4 Å². The van der Waals surface area contributed by atoms with Crippen molar-refractivity contribution in [1.82, 2.24) is 4.90 Å². The van der Waals surface area contributed by atoms with Crippen LogP contribution >= 0.6 is 11.3 Å². The number of methoxy groups -OCH3 is 1. The van der Waals surface area contributed by atoms with Crippen LogP contribution < -0.4 is 10.5 Å². The van der Waals surface area contributed by atoms with E-state index in [1.165, 1.54) is 16.2 Å². The van der Waals surface area contributed by atoms with Crippen molar-refractivity contribution in [2.75, 3.05) is 7.11 Å². The number of primary amides is 1. The van der Waals surface area contributed by atoms with Crippen LogP contribution in [0.1, 0.15) is 26.8 Å². The van der Waals surface area contributed by atoms with Gasteiger partial charge in [-0.3, -0.25) is 9.59 Å². The zero-order valence-corrected chi connectivity index (χ0v) is 15.7. The molecule has 1 aromatic heterocycles. The molecule has 5 nitrogen and oxygen atoms in total. The molecule has 2 amide bonds. The number of hydrogen-bond donors (Lipinski definition) is 1. The smallest absolute Gasteiger partial charge is 0.265 e. The number of nitrogens with zero attached hydrogens (tertiary/aromatic N) is 1. The Morgan fingerprint density at radius 1 is 1.07 bits per heavy atom. The third-order valence-corrected chi connectivity index (χ3v) is 5.03. The Kier molecular flexibility index (Phi) is 5.88. The highest BCUT2D eigenvalue weighted by Gasteiger charge is 2.31. The molecule has 1 atom stereocenters. The normalized spacial score (nSPS) is 11.6. The molecule has 0 saturated carbocycles. The molecule has 2 aromatic carbocycles. The van der Waals surface area contributed by atoms with E-state index in [9.17, 15) is 9.59 Å². The third kappa shape index (κ3) is 4.35. The fraction of sp³-hybridized carbons (Fsp3) is 0.143. The first-order valence-electron chi connectivity index (χ1n) is 8.42. The van der Waals surface area contributed by atoms with Gasteiger partial charge in [0.05, 0.1) is 12.0 Å². The van der Waals surface area contributed by atoms with Crippen LogP contribution in [-0.2, 0) is 11.3 Å². The largest absolute Gasteiger partial charge is 0.497 e. The summed E-state index contributed by atoms with van der Waals surface area (Å²) in [6.07, 6.45) is 0. The van der Waals surface area contributed by atoms with Gasteiger partial charge in [-0.2, -0.15) is 0 Å². The van der Waals surface area contributed by atoms with Gasteiger partial charge in [-0.1, -0.05) is 48.5 Å². The van der Waals surface area contributed by atoms with Gasteiger partial charge in [-0.25, -0.2) is 0 Å². The highest BCUT2D eigenvalue weighted by Crippen LogP contribution is 2.27. The van der Waals surface area contributed by atoms with Gasteiger partial charge in [0.2, 0.25) is 5.91 Å². The Morgan fingerprint density at radius 2 is 1.85 bits per heavy atom. The molecular weight excluding hydrogens is 360 g/mol. The van der Waals surface area contributed by atoms with Gasteiger partial charge in [0.25, 0.3) is 5.91 Å². The summed E-state index contributed by atoms with van der Waals surface area (Å²) >= 11 is 1.33. The number of amides is 2. The third-order valence-electron chi connectivity index (χ3n) is 4.18. The zero-order valence-electron chi connectivity index (χ0n) is 14.9. The lowest BCUT2D eigenvalue weighted by Gasteiger charge is -2.30. The summed E-state index contributed by atoms with van der Waals surface area (Å²) in [5.74, 6) is -0.124. The summed E-state index contributed by atoms with van der Waals surface area (Å²) in [6, 6.07) is 19.2. The van der Waals surface area contributed by atoms with Crippen LogP contribution in [0.5, 0.6) is 5.75 Å². The van der Waals surface area contributed by atoms with Crippen molar-refractivity contribution in [1.29, 1.82) is 0 Å². The molecule has 1 heterocycles. The van der Waals surface area contributed by atoms with Gasteiger partial charge in [-0.15, -0.1) is 11.3 Å². The van der Waals surface area contributed by atoms with Crippen molar-refractivity contribution in [3.8, 4) is 5.75 Å². The molecule has 3 rings (SSSR count). The van der Waals surface area contributed by atoms with E-state index >= 15 is 0 Å². The first kappa shape index (κ1) is 18.7. The topological polar surface area (TPSA) is 72.6 Å². The maximum absolute atomic E-state index is 13.2. The Bertz CT molecular complexity index is 910. The second-order valence-electron chi connectivity index (χ2n) is 5.98. The summed E-state index contributed by atoms with van der Waals surface area (Å²) in [5, 5.41) is 1.83. The first-order chi connectivity index (χ1) is 13.1. The fourth-order valence-corrected chi connectivity index (χ4v) is 3.60. The van der Waals surface area contributed by atoms with E-state index in [0.29, 0.717) is 16.2 Å². The van der Waals surface area contributed by atoms with E-state index in [1.807, 2.05) is 53.9 Å². The number of nitrogens with two attached hydrogens (primary N) is 1. The van der Waals surface area contributed by atoms with Crippen molar-refractivity contribution in [2.45, 2.75) is 12.6 Å². The lowest BCUT2D eigenvalue weighted by atomic mass is 10.0. The molecule has 3 aromatic rings. The predicted octanol–water partition coefficient (Wildman–Crippen LogP) is 3.63. The molecule has 0 aliphatic rings.